The molecule has 0 spiro atoms. The number of carbonyl (C=O) groups is 1. The van der Waals surface area contributed by atoms with Crippen LogP contribution in [0.3, 0.4) is 0 Å². The van der Waals surface area contributed by atoms with Gasteiger partial charge in [-0.15, -0.1) is 0 Å². The smallest absolute Gasteiger partial charge is 0.236 e. The van der Waals surface area contributed by atoms with Crippen LogP contribution in [0.15, 0.2) is 22.8 Å². The number of amides is 1. The Morgan fingerprint density at radius 1 is 1.56 bits per heavy atom. The maximum Gasteiger partial charge on any atom is 0.236 e. The molecule has 2 heterocycles. The molecule has 1 aliphatic heterocycles. The predicted molar refractivity (Wildman–Crippen MR) is 69.1 cm³/mol. The average Bonchev–Trinajstić information content (AvgIpc) is 3.01. The van der Waals surface area contributed by atoms with E-state index in [1.807, 2.05) is 26.2 Å². The van der Waals surface area contributed by atoms with Gasteiger partial charge in [0.05, 0.1) is 19.4 Å². The van der Waals surface area contributed by atoms with Crippen LogP contribution in [0, 0.1) is 0 Å². The van der Waals surface area contributed by atoms with Gasteiger partial charge in [-0.05, 0) is 32.1 Å². The summed E-state index contributed by atoms with van der Waals surface area (Å²) < 4.78 is 5.24. The topological polar surface area (TPSA) is 48.7 Å². The molecule has 0 radical (unpaired) electrons. The number of likely N-dealkylation sites (N-methyl/N-ethyl adjacent to an activating group) is 2. The van der Waals surface area contributed by atoms with E-state index < -0.39 is 0 Å². The first-order valence-electron chi connectivity index (χ1n) is 6.34. The van der Waals surface area contributed by atoms with E-state index in [4.69, 9.17) is 4.42 Å². The van der Waals surface area contributed by atoms with Crippen molar-refractivity contribution in [1.82, 2.24) is 15.1 Å². The molecule has 2 rings (SSSR count). The molecular formula is C13H21N3O2. The fourth-order valence-corrected chi connectivity index (χ4v) is 2.20. The monoisotopic (exact) mass is 251 g/mol. The maximum atomic E-state index is 12.1. The van der Waals surface area contributed by atoms with Gasteiger partial charge in [0.25, 0.3) is 0 Å². The lowest BCUT2D eigenvalue weighted by molar-refractivity contribution is -0.132. The van der Waals surface area contributed by atoms with Crippen molar-refractivity contribution in [2.75, 3.05) is 33.7 Å². The standard InChI is InChI=1S/C13H21N3O2/c1-15(11-5-6-14-8-11)10-13(17)16(2)9-12-4-3-7-18-12/h3-4,7,11,14H,5-6,8-10H2,1-2H3. The molecule has 5 nitrogen and oxygen atoms in total. The van der Waals surface area contributed by atoms with E-state index in [1.165, 1.54) is 0 Å². The van der Waals surface area contributed by atoms with Crippen LogP contribution in [0.4, 0.5) is 0 Å². The lowest BCUT2D eigenvalue weighted by atomic mass is 10.2. The van der Waals surface area contributed by atoms with Crippen LogP contribution >= 0.6 is 0 Å². The number of furan rings is 1. The van der Waals surface area contributed by atoms with Gasteiger partial charge in [0, 0.05) is 19.6 Å². The third-order valence-corrected chi connectivity index (χ3v) is 3.44. The number of hydrogen-bond acceptors (Lipinski definition) is 4. The Morgan fingerprint density at radius 2 is 2.39 bits per heavy atom. The van der Waals surface area contributed by atoms with Crippen molar-refractivity contribution in [1.29, 1.82) is 0 Å². The second kappa shape index (κ2) is 6.02. The minimum absolute atomic E-state index is 0.126. The molecule has 1 aliphatic rings. The van der Waals surface area contributed by atoms with Gasteiger partial charge >= 0.3 is 0 Å². The second-order valence-electron chi connectivity index (χ2n) is 4.89. The van der Waals surface area contributed by atoms with Crippen LogP contribution in [0.1, 0.15) is 12.2 Å². The molecule has 0 saturated carbocycles. The van der Waals surface area contributed by atoms with E-state index in [0.29, 0.717) is 19.1 Å². The van der Waals surface area contributed by atoms with Gasteiger partial charge in [-0.2, -0.15) is 0 Å². The van der Waals surface area contributed by atoms with Crippen molar-refractivity contribution in [2.45, 2.75) is 19.0 Å². The van der Waals surface area contributed by atoms with Crippen molar-refractivity contribution in [3.63, 3.8) is 0 Å². The summed E-state index contributed by atoms with van der Waals surface area (Å²) in [6, 6.07) is 4.20. The van der Waals surface area contributed by atoms with Crippen LogP contribution < -0.4 is 5.32 Å². The van der Waals surface area contributed by atoms with Crippen LogP contribution in [-0.2, 0) is 11.3 Å². The predicted octanol–water partition coefficient (Wildman–Crippen LogP) is 0.532. The molecule has 1 fully saturated rings. The first kappa shape index (κ1) is 13.1. The van der Waals surface area contributed by atoms with E-state index in [0.717, 1.165) is 25.3 Å². The maximum absolute atomic E-state index is 12.1. The van der Waals surface area contributed by atoms with E-state index in [-0.39, 0.29) is 5.91 Å². The summed E-state index contributed by atoms with van der Waals surface area (Å²) in [6.45, 7) is 3.02. The number of nitrogens with one attached hydrogen (secondary N) is 1. The lowest BCUT2D eigenvalue weighted by Crippen LogP contribution is -2.41. The lowest BCUT2D eigenvalue weighted by Gasteiger charge is -2.25. The third kappa shape index (κ3) is 3.34. The summed E-state index contributed by atoms with van der Waals surface area (Å²) in [5.41, 5.74) is 0. The van der Waals surface area contributed by atoms with Gasteiger partial charge in [-0.25, -0.2) is 0 Å². The normalized spacial score (nSPS) is 19.4. The Kier molecular flexibility index (Phi) is 4.38. The molecule has 100 valence electrons. The molecule has 1 amide bonds. The summed E-state index contributed by atoms with van der Waals surface area (Å²) in [7, 11) is 3.82. The van der Waals surface area contributed by atoms with Crippen LogP contribution in [0.25, 0.3) is 0 Å². The number of carbonyl (C=O) groups excluding carboxylic acids is 1. The zero-order valence-corrected chi connectivity index (χ0v) is 11.1. The molecule has 18 heavy (non-hydrogen) atoms. The van der Waals surface area contributed by atoms with Crippen molar-refractivity contribution in [2.24, 2.45) is 0 Å². The van der Waals surface area contributed by atoms with Gasteiger partial charge in [0.1, 0.15) is 5.76 Å². The van der Waals surface area contributed by atoms with Gasteiger partial charge in [0.2, 0.25) is 5.91 Å². The number of nitrogens with zero attached hydrogens (tertiary/aromatic N) is 2. The van der Waals surface area contributed by atoms with E-state index in [9.17, 15) is 4.79 Å². The second-order valence-corrected chi connectivity index (χ2v) is 4.89. The molecule has 0 aromatic carbocycles. The van der Waals surface area contributed by atoms with E-state index in [2.05, 4.69) is 10.2 Å². The molecule has 1 aromatic rings. The Bertz CT molecular complexity index is 372. The highest BCUT2D eigenvalue weighted by Crippen LogP contribution is 2.08. The summed E-state index contributed by atoms with van der Waals surface area (Å²) in [5.74, 6) is 0.942. The SMILES string of the molecule is CN(Cc1ccco1)C(=O)CN(C)C1CCNC1. The van der Waals surface area contributed by atoms with Gasteiger partial charge < -0.3 is 14.6 Å². The molecule has 1 unspecified atom stereocenters. The van der Waals surface area contributed by atoms with Gasteiger partial charge in [-0.3, -0.25) is 9.69 Å². The Morgan fingerprint density at radius 3 is 3.00 bits per heavy atom. The Balaban J connectivity index is 1.79. The summed E-state index contributed by atoms with van der Waals surface area (Å²) in [5, 5.41) is 3.31. The van der Waals surface area contributed by atoms with Gasteiger partial charge in [0.15, 0.2) is 0 Å². The third-order valence-electron chi connectivity index (χ3n) is 3.44. The number of hydrogen-bond donors (Lipinski definition) is 1. The Hall–Kier alpha value is -1.33. The van der Waals surface area contributed by atoms with E-state index in [1.54, 1.807) is 11.2 Å². The van der Waals surface area contributed by atoms with Crippen molar-refractivity contribution in [3.05, 3.63) is 24.2 Å². The zero-order chi connectivity index (χ0) is 13.0. The van der Waals surface area contributed by atoms with E-state index >= 15 is 0 Å². The highest BCUT2D eigenvalue weighted by molar-refractivity contribution is 5.77. The first-order valence-corrected chi connectivity index (χ1v) is 6.34. The van der Waals surface area contributed by atoms with Crippen LogP contribution in [0.2, 0.25) is 0 Å². The minimum Gasteiger partial charge on any atom is -0.467 e. The molecule has 1 N–H and O–H groups in total. The van der Waals surface area contributed by atoms with Crippen LogP contribution in [-0.4, -0.2) is 55.5 Å². The van der Waals surface area contributed by atoms with Gasteiger partial charge in [-0.1, -0.05) is 0 Å². The fraction of sp³-hybridized carbons (Fsp3) is 0.615. The summed E-state index contributed by atoms with van der Waals surface area (Å²) >= 11 is 0. The molecule has 0 aliphatic carbocycles. The average molecular weight is 251 g/mol. The molecule has 5 heteroatoms. The van der Waals surface area contributed by atoms with Crippen LogP contribution in [0.5, 0.6) is 0 Å². The molecule has 0 bridgehead atoms. The van der Waals surface area contributed by atoms with Crippen molar-refractivity contribution in [3.8, 4) is 0 Å². The molecule has 1 atom stereocenters. The first-order chi connectivity index (χ1) is 8.66. The van der Waals surface area contributed by atoms with Crippen molar-refractivity contribution < 1.29 is 9.21 Å². The zero-order valence-electron chi connectivity index (χ0n) is 11.1. The van der Waals surface area contributed by atoms with Crippen molar-refractivity contribution >= 4 is 5.91 Å². The summed E-state index contributed by atoms with van der Waals surface area (Å²) in [4.78, 5) is 15.9. The molecule has 1 saturated heterocycles. The fourth-order valence-electron chi connectivity index (χ4n) is 2.20. The largest absolute Gasteiger partial charge is 0.467 e. The molecular weight excluding hydrogens is 230 g/mol. The molecule has 1 aromatic heterocycles. The Labute approximate surface area is 108 Å². The minimum atomic E-state index is 0.126. The highest BCUT2D eigenvalue weighted by Gasteiger charge is 2.22. The number of rotatable bonds is 5. The summed E-state index contributed by atoms with van der Waals surface area (Å²) in [6.07, 6.45) is 2.75. The quantitative estimate of drug-likeness (QED) is 0.829. The highest BCUT2D eigenvalue weighted by atomic mass is 16.3.